The van der Waals surface area contributed by atoms with Gasteiger partial charge in [0.25, 0.3) is 0 Å². The number of rotatable bonds is 7. The van der Waals surface area contributed by atoms with Gasteiger partial charge in [-0.25, -0.2) is 4.79 Å². The van der Waals surface area contributed by atoms with Gasteiger partial charge in [0.05, 0.1) is 29.5 Å². The Morgan fingerprint density at radius 2 is 1.87 bits per heavy atom. The maximum atomic E-state index is 12.3. The molecule has 0 aliphatic rings. The molecule has 0 amide bonds. The summed E-state index contributed by atoms with van der Waals surface area (Å²) in [6.45, 7) is 2.63. The number of phenolic OH excluding ortho intramolecular Hbond substituents is 1. The number of carbonyl (C=O) groups excluding carboxylic acids is 1. The molecule has 0 spiro atoms. The lowest BCUT2D eigenvalue weighted by molar-refractivity contribution is 0.0734. The van der Waals surface area contributed by atoms with Gasteiger partial charge < -0.3 is 14.6 Å². The third kappa shape index (κ3) is 5.46. The van der Waals surface area contributed by atoms with Gasteiger partial charge in [-0.1, -0.05) is 13.0 Å². The second-order valence-electron chi connectivity index (χ2n) is 6.40. The van der Waals surface area contributed by atoms with Crippen LogP contribution in [0.1, 0.15) is 34.8 Å². The predicted molar refractivity (Wildman–Crippen MR) is 114 cm³/mol. The lowest BCUT2D eigenvalue weighted by atomic mass is 10.2. The molecule has 0 aliphatic carbocycles. The summed E-state index contributed by atoms with van der Waals surface area (Å²) in [6, 6.07) is 20.1. The summed E-state index contributed by atoms with van der Waals surface area (Å²) in [7, 11) is 0. The second-order valence-corrected chi connectivity index (χ2v) is 6.40. The van der Waals surface area contributed by atoms with Gasteiger partial charge >= 0.3 is 5.97 Å². The van der Waals surface area contributed by atoms with E-state index in [9.17, 15) is 9.90 Å². The zero-order valence-corrected chi connectivity index (χ0v) is 16.4. The first-order valence-electron chi connectivity index (χ1n) is 9.41. The van der Waals surface area contributed by atoms with Gasteiger partial charge in [-0.05, 0) is 61.0 Å². The van der Waals surface area contributed by atoms with E-state index >= 15 is 0 Å². The molecule has 1 N–H and O–H groups in total. The maximum absolute atomic E-state index is 12.3. The molecule has 0 saturated carbocycles. The predicted octanol–water partition coefficient (Wildman–Crippen LogP) is 5.02. The summed E-state index contributed by atoms with van der Waals surface area (Å²) in [6.07, 6.45) is 2.38. The van der Waals surface area contributed by atoms with Crippen LogP contribution in [0.5, 0.6) is 17.2 Å². The van der Waals surface area contributed by atoms with Gasteiger partial charge in [-0.15, -0.1) is 0 Å². The van der Waals surface area contributed by atoms with E-state index in [2.05, 4.69) is 4.99 Å². The van der Waals surface area contributed by atoms with Crippen molar-refractivity contribution in [1.29, 1.82) is 5.26 Å². The molecule has 0 aliphatic heterocycles. The number of aromatic hydroxyl groups is 1. The molecule has 0 radical (unpaired) electrons. The van der Waals surface area contributed by atoms with Crippen LogP contribution in [-0.4, -0.2) is 23.9 Å². The minimum atomic E-state index is -0.536. The van der Waals surface area contributed by atoms with E-state index < -0.39 is 5.97 Å². The molecule has 30 heavy (non-hydrogen) atoms. The fourth-order valence-electron chi connectivity index (χ4n) is 2.57. The number of ether oxygens (including phenoxy) is 2. The van der Waals surface area contributed by atoms with Crippen molar-refractivity contribution in [3.63, 3.8) is 0 Å². The van der Waals surface area contributed by atoms with E-state index in [0.29, 0.717) is 34.7 Å². The number of hydrogen-bond donors (Lipinski definition) is 1. The van der Waals surface area contributed by atoms with Crippen LogP contribution in [0.15, 0.2) is 71.7 Å². The molecule has 6 heteroatoms. The van der Waals surface area contributed by atoms with Crippen molar-refractivity contribution in [2.45, 2.75) is 13.3 Å². The monoisotopic (exact) mass is 400 g/mol. The topological polar surface area (TPSA) is 91.9 Å². The average Bonchev–Trinajstić information content (AvgIpc) is 2.77. The number of benzene rings is 3. The van der Waals surface area contributed by atoms with Crippen LogP contribution < -0.4 is 9.47 Å². The molecule has 0 unspecified atom stereocenters. The van der Waals surface area contributed by atoms with Crippen LogP contribution in [0.2, 0.25) is 0 Å². The molecule has 0 fully saturated rings. The van der Waals surface area contributed by atoms with Gasteiger partial charge in [-0.2, -0.15) is 5.26 Å². The largest absolute Gasteiger partial charge is 0.507 e. The molecule has 3 rings (SSSR count). The van der Waals surface area contributed by atoms with Gasteiger partial charge in [0.15, 0.2) is 0 Å². The number of phenols is 1. The van der Waals surface area contributed by atoms with Gasteiger partial charge in [0.2, 0.25) is 0 Å². The summed E-state index contributed by atoms with van der Waals surface area (Å²) in [5, 5.41) is 19.2. The first-order valence-corrected chi connectivity index (χ1v) is 9.41. The van der Waals surface area contributed by atoms with Crippen molar-refractivity contribution in [1.82, 2.24) is 0 Å². The SMILES string of the molecule is CCCOc1ccc(C(=O)Oc2ccc(C=Nc3cccc(C#N)c3)c(O)c2)cc1. The maximum Gasteiger partial charge on any atom is 0.343 e. The summed E-state index contributed by atoms with van der Waals surface area (Å²) < 4.78 is 10.8. The Labute approximate surface area is 174 Å². The molecule has 0 bridgehead atoms. The summed E-state index contributed by atoms with van der Waals surface area (Å²) in [5.41, 5.74) is 1.92. The Balaban J connectivity index is 1.66. The number of hydrogen-bond acceptors (Lipinski definition) is 6. The highest BCUT2D eigenvalue weighted by atomic mass is 16.5. The van der Waals surface area contributed by atoms with E-state index in [-0.39, 0.29) is 11.5 Å². The quantitative estimate of drug-likeness (QED) is 0.341. The van der Waals surface area contributed by atoms with Crippen LogP contribution in [0.25, 0.3) is 0 Å². The van der Waals surface area contributed by atoms with Gasteiger partial charge in [0, 0.05) is 17.8 Å². The number of nitriles is 1. The molecule has 0 aromatic heterocycles. The van der Waals surface area contributed by atoms with Crippen LogP contribution in [0, 0.1) is 11.3 Å². The zero-order valence-electron chi connectivity index (χ0n) is 16.4. The van der Waals surface area contributed by atoms with Crippen molar-refractivity contribution < 1.29 is 19.4 Å². The van der Waals surface area contributed by atoms with Crippen molar-refractivity contribution in [2.75, 3.05) is 6.61 Å². The van der Waals surface area contributed by atoms with E-state index in [1.54, 1.807) is 60.7 Å². The minimum absolute atomic E-state index is 0.0798. The van der Waals surface area contributed by atoms with E-state index in [4.69, 9.17) is 14.7 Å². The Bertz CT molecular complexity index is 1100. The highest BCUT2D eigenvalue weighted by molar-refractivity contribution is 5.91. The second kappa shape index (κ2) is 9.89. The number of carbonyl (C=O) groups is 1. The van der Waals surface area contributed by atoms with Gasteiger partial charge in [0.1, 0.15) is 17.2 Å². The highest BCUT2D eigenvalue weighted by Crippen LogP contribution is 2.24. The molecular weight excluding hydrogens is 380 g/mol. The normalized spacial score (nSPS) is 10.5. The van der Waals surface area contributed by atoms with Gasteiger partial charge in [-0.3, -0.25) is 4.99 Å². The van der Waals surface area contributed by atoms with Crippen molar-refractivity contribution in [3.05, 3.63) is 83.4 Å². The standard InChI is InChI=1S/C24H20N2O4/c1-2-12-29-21-9-6-18(7-10-21)24(28)30-22-11-8-19(23(27)14-22)16-26-20-5-3-4-17(13-20)15-25/h3-11,13-14,16,27H,2,12H2,1H3. The summed E-state index contributed by atoms with van der Waals surface area (Å²) in [5.74, 6) is 0.289. The average molecular weight is 400 g/mol. The third-order valence-corrected chi connectivity index (χ3v) is 4.10. The molecule has 6 nitrogen and oxygen atoms in total. The molecule has 3 aromatic rings. The fourth-order valence-corrected chi connectivity index (χ4v) is 2.57. The lowest BCUT2D eigenvalue weighted by Crippen LogP contribution is -2.08. The third-order valence-electron chi connectivity index (χ3n) is 4.10. The van der Waals surface area contributed by atoms with E-state index in [1.807, 2.05) is 13.0 Å². The van der Waals surface area contributed by atoms with Crippen molar-refractivity contribution in [2.24, 2.45) is 4.99 Å². The van der Waals surface area contributed by atoms with Crippen LogP contribution in [-0.2, 0) is 0 Å². The smallest absolute Gasteiger partial charge is 0.343 e. The van der Waals surface area contributed by atoms with Crippen molar-refractivity contribution in [3.8, 4) is 23.3 Å². The molecular formula is C24H20N2O4. The van der Waals surface area contributed by atoms with Crippen LogP contribution >= 0.6 is 0 Å². The van der Waals surface area contributed by atoms with E-state index in [1.165, 1.54) is 12.3 Å². The fraction of sp³-hybridized carbons (Fsp3) is 0.125. The molecule has 0 saturated heterocycles. The van der Waals surface area contributed by atoms with E-state index in [0.717, 1.165) is 6.42 Å². The summed E-state index contributed by atoms with van der Waals surface area (Å²) in [4.78, 5) is 16.6. The zero-order chi connectivity index (χ0) is 21.3. The molecule has 150 valence electrons. The Morgan fingerprint density at radius 3 is 2.57 bits per heavy atom. The minimum Gasteiger partial charge on any atom is -0.507 e. The van der Waals surface area contributed by atoms with Crippen LogP contribution in [0.3, 0.4) is 0 Å². The first kappa shape index (κ1) is 20.6. The molecule has 3 aromatic carbocycles. The lowest BCUT2D eigenvalue weighted by Gasteiger charge is -2.08. The highest BCUT2D eigenvalue weighted by Gasteiger charge is 2.10. The molecule has 0 heterocycles. The van der Waals surface area contributed by atoms with Crippen LogP contribution in [0.4, 0.5) is 5.69 Å². The summed E-state index contributed by atoms with van der Waals surface area (Å²) >= 11 is 0. The Morgan fingerprint density at radius 1 is 1.10 bits per heavy atom. The number of nitrogens with zero attached hydrogens (tertiary/aromatic N) is 2. The Kier molecular flexibility index (Phi) is 6.80. The molecule has 0 atom stereocenters. The Hall–Kier alpha value is -4.11. The number of esters is 1. The first-order chi connectivity index (χ1) is 14.6. The number of aliphatic imine (C=N–C) groups is 1. The van der Waals surface area contributed by atoms with Crippen molar-refractivity contribution >= 4 is 17.9 Å².